The Bertz CT molecular complexity index is 1040. The zero-order valence-corrected chi connectivity index (χ0v) is 16.6. The molecule has 6 nitrogen and oxygen atoms in total. The Morgan fingerprint density at radius 2 is 1.50 bits per heavy atom. The monoisotopic (exact) mass is 404 g/mol. The fraction of sp³-hybridized carbons (Fsp3) is 0.167. The van der Waals surface area contributed by atoms with Crippen LogP contribution in [0.15, 0.2) is 72.8 Å². The molecular formula is C24H20O6. The lowest BCUT2D eigenvalue weighted by atomic mass is 9.97. The average Bonchev–Trinajstić information content (AvgIpc) is 3.19. The SMILES string of the molecule is COc1cc(C(=O)COC(C)=O)cc2c1OC(c1ccccc1)(c1ccccc1)O2. The third-order valence-corrected chi connectivity index (χ3v) is 4.78. The fourth-order valence-electron chi connectivity index (χ4n) is 3.35. The maximum absolute atomic E-state index is 12.5. The van der Waals surface area contributed by atoms with Crippen molar-refractivity contribution >= 4 is 11.8 Å². The van der Waals surface area contributed by atoms with Gasteiger partial charge in [-0.2, -0.15) is 0 Å². The van der Waals surface area contributed by atoms with Crippen molar-refractivity contribution in [1.82, 2.24) is 0 Å². The first-order valence-corrected chi connectivity index (χ1v) is 9.41. The van der Waals surface area contributed by atoms with Gasteiger partial charge in [-0.05, 0) is 12.1 Å². The van der Waals surface area contributed by atoms with Crippen molar-refractivity contribution < 1.29 is 28.5 Å². The van der Waals surface area contributed by atoms with E-state index in [9.17, 15) is 9.59 Å². The first-order valence-electron chi connectivity index (χ1n) is 9.41. The molecule has 0 saturated heterocycles. The summed E-state index contributed by atoms with van der Waals surface area (Å²) in [7, 11) is 1.49. The standard InChI is InChI=1S/C24H20O6/c1-16(25)28-15-20(26)17-13-21(27-2)23-22(14-17)29-24(30-23,18-9-5-3-6-10-18)19-11-7-4-8-12-19/h3-14H,15H2,1-2H3. The summed E-state index contributed by atoms with van der Waals surface area (Å²) >= 11 is 0. The van der Waals surface area contributed by atoms with Crippen LogP contribution in [0.25, 0.3) is 0 Å². The molecular weight excluding hydrogens is 384 g/mol. The number of fused-ring (bicyclic) bond motifs is 1. The van der Waals surface area contributed by atoms with Crippen LogP contribution in [0.4, 0.5) is 0 Å². The molecule has 0 amide bonds. The van der Waals surface area contributed by atoms with E-state index in [1.807, 2.05) is 60.7 Å². The van der Waals surface area contributed by atoms with Gasteiger partial charge < -0.3 is 18.9 Å². The lowest BCUT2D eigenvalue weighted by Gasteiger charge is -2.28. The summed E-state index contributed by atoms with van der Waals surface area (Å²) in [5.41, 5.74) is 1.89. The van der Waals surface area contributed by atoms with Crippen molar-refractivity contribution in [1.29, 1.82) is 0 Å². The zero-order valence-electron chi connectivity index (χ0n) is 16.6. The van der Waals surface area contributed by atoms with Crippen LogP contribution >= 0.6 is 0 Å². The second kappa shape index (κ2) is 7.91. The van der Waals surface area contributed by atoms with E-state index in [2.05, 4.69) is 0 Å². The van der Waals surface area contributed by atoms with Crippen LogP contribution in [0.1, 0.15) is 28.4 Å². The molecule has 1 aliphatic heterocycles. The van der Waals surface area contributed by atoms with E-state index < -0.39 is 11.8 Å². The molecule has 152 valence electrons. The van der Waals surface area contributed by atoms with Gasteiger partial charge in [-0.1, -0.05) is 60.7 Å². The highest BCUT2D eigenvalue weighted by molar-refractivity contribution is 5.99. The van der Waals surface area contributed by atoms with Crippen LogP contribution in [0.3, 0.4) is 0 Å². The van der Waals surface area contributed by atoms with Gasteiger partial charge in [0.15, 0.2) is 18.1 Å². The van der Waals surface area contributed by atoms with Gasteiger partial charge in [0.05, 0.1) is 7.11 Å². The van der Waals surface area contributed by atoms with Gasteiger partial charge in [0.1, 0.15) is 0 Å². The molecule has 0 aliphatic carbocycles. The number of ketones is 1. The number of carbonyl (C=O) groups is 2. The molecule has 4 rings (SSSR count). The lowest BCUT2D eigenvalue weighted by Crippen LogP contribution is -2.36. The Morgan fingerprint density at radius 1 is 0.900 bits per heavy atom. The Kier molecular flexibility index (Phi) is 5.14. The normalized spacial score (nSPS) is 13.5. The minimum Gasteiger partial charge on any atom is -0.493 e. The van der Waals surface area contributed by atoms with E-state index in [4.69, 9.17) is 18.9 Å². The average molecular weight is 404 g/mol. The molecule has 0 bridgehead atoms. The second-order valence-electron chi connectivity index (χ2n) is 6.76. The smallest absolute Gasteiger partial charge is 0.305 e. The first kappa shape index (κ1) is 19.5. The Balaban J connectivity index is 1.79. The molecule has 0 unspecified atom stereocenters. The van der Waals surface area contributed by atoms with Crippen molar-refractivity contribution in [2.45, 2.75) is 12.7 Å². The maximum Gasteiger partial charge on any atom is 0.305 e. The largest absolute Gasteiger partial charge is 0.493 e. The molecule has 0 aromatic heterocycles. The number of hydrogen-bond acceptors (Lipinski definition) is 6. The van der Waals surface area contributed by atoms with Gasteiger partial charge >= 0.3 is 11.8 Å². The van der Waals surface area contributed by atoms with Crippen LogP contribution in [-0.4, -0.2) is 25.5 Å². The number of hydrogen-bond donors (Lipinski definition) is 0. The summed E-state index contributed by atoms with van der Waals surface area (Å²) < 4.78 is 23.0. The van der Waals surface area contributed by atoms with Gasteiger partial charge in [0, 0.05) is 23.6 Å². The van der Waals surface area contributed by atoms with Crippen molar-refractivity contribution in [3.05, 3.63) is 89.5 Å². The summed E-state index contributed by atoms with van der Waals surface area (Å²) in [6.45, 7) is 0.891. The molecule has 0 N–H and O–H groups in total. The fourth-order valence-corrected chi connectivity index (χ4v) is 3.35. The molecule has 0 radical (unpaired) electrons. The Labute approximate surface area is 174 Å². The zero-order chi connectivity index (χ0) is 21.1. The topological polar surface area (TPSA) is 71.1 Å². The van der Waals surface area contributed by atoms with Crippen LogP contribution in [0, 0.1) is 0 Å². The number of methoxy groups -OCH3 is 1. The van der Waals surface area contributed by atoms with Crippen molar-refractivity contribution in [2.75, 3.05) is 13.7 Å². The highest BCUT2D eigenvalue weighted by Gasteiger charge is 2.47. The van der Waals surface area contributed by atoms with E-state index in [0.29, 0.717) is 22.8 Å². The van der Waals surface area contributed by atoms with Crippen LogP contribution in [-0.2, 0) is 15.3 Å². The Morgan fingerprint density at radius 3 is 2.03 bits per heavy atom. The molecule has 0 saturated carbocycles. The number of rotatable bonds is 6. The molecule has 6 heteroatoms. The summed E-state index contributed by atoms with van der Waals surface area (Å²) in [6.07, 6.45) is 0. The van der Waals surface area contributed by atoms with Crippen LogP contribution < -0.4 is 14.2 Å². The quantitative estimate of drug-likeness (QED) is 0.455. The highest BCUT2D eigenvalue weighted by atomic mass is 16.7. The summed E-state index contributed by atoms with van der Waals surface area (Å²) in [5, 5.41) is 0. The third kappa shape index (κ3) is 3.48. The van der Waals surface area contributed by atoms with Gasteiger partial charge in [-0.25, -0.2) is 0 Å². The lowest BCUT2D eigenvalue weighted by molar-refractivity contribution is -0.139. The van der Waals surface area contributed by atoms with Crippen LogP contribution in [0.5, 0.6) is 17.2 Å². The number of ether oxygens (including phenoxy) is 4. The van der Waals surface area contributed by atoms with Gasteiger partial charge in [0.25, 0.3) is 0 Å². The van der Waals surface area contributed by atoms with E-state index >= 15 is 0 Å². The minimum atomic E-state index is -1.23. The van der Waals surface area contributed by atoms with Gasteiger partial charge in [-0.15, -0.1) is 0 Å². The summed E-state index contributed by atoms with van der Waals surface area (Å²) in [5.74, 6) is -1.000. The van der Waals surface area contributed by atoms with E-state index in [-0.39, 0.29) is 12.4 Å². The molecule has 1 aliphatic rings. The second-order valence-corrected chi connectivity index (χ2v) is 6.76. The molecule has 3 aromatic carbocycles. The van der Waals surface area contributed by atoms with E-state index in [0.717, 1.165) is 11.1 Å². The molecule has 30 heavy (non-hydrogen) atoms. The van der Waals surface area contributed by atoms with Crippen molar-refractivity contribution in [3.8, 4) is 17.2 Å². The third-order valence-electron chi connectivity index (χ3n) is 4.78. The molecule has 0 fully saturated rings. The predicted octanol–water partition coefficient (Wildman–Crippen LogP) is 4.11. The minimum absolute atomic E-state index is 0.298. The van der Waals surface area contributed by atoms with Gasteiger partial charge in [-0.3, -0.25) is 9.59 Å². The first-order chi connectivity index (χ1) is 14.5. The number of esters is 1. The van der Waals surface area contributed by atoms with E-state index in [1.165, 1.54) is 14.0 Å². The highest BCUT2D eigenvalue weighted by Crippen LogP contribution is 2.52. The Hall–Kier alpha value is -3.80. The van der Waals surface area contributed by atoms with Crippen LogP contribution in [0.2, 0.25) is 0 Å². The van der Waals surface area contributed by atoms with Gasteiger partial charge in [0.2, 0.25) is 11.5 Å². The summed E-state index contributed by atoms with van der Waals surface area (Å²) in [4.78, 5) is 23.5. The molecule has 3 aromatic rings. The molecule has 0 spiro atoms. The van der Waals surface area contributed by atoms with Crippen molar-refractivity contribution in [2.24, 2.45) is 0 Å². The molecule has 1 heterocycles. The number of benzene rings is 3. The predicted molar refractivity (Wildman–Crippen MR) is 109 cm³/mol. The maximum atomic E-state index is 12.5. The molecule has 0 atom stereocenters. The number of carbonyl (C=O) groups excluding carboxylic acids is 2. The van der Waals surface area contributed by atoms with Crippen molar-refractivity contribution in [3.63, 3.8) is 0 Å². The van der Waals surface area contributed by atoms with E-state index in [1.54, 1.807) is 12.1 Å². The summed E-state index contributed by atoms with van der Waals surface area (Å²) in [6, 6.07) is 22.2. The number of Topliss-reactive ketones (excluding diaryl/α,β-unsaturated/α-hetero) is 1.